The van der Waals surface area contributed by atoms with Gasteiger partial charge in [-0.1, -0.05) is 17.7 Å². The van der Waals surface area contributed by atoms with Crippen LogP contribution in [0.1, 0.15) is 24.4 Å². The summed E-state index contributed by atoms with van der Waals surface area (Å²) in [6.07, 6.45) is 2.87. The largest absolute Gasteiger partial charge is 0.493 e. The van der Waals surface area contributed by atoms with Gasteiger partial charge >= 0.3 is 0 Å². The molecule has 1 aromatic heterocycles. The van der Waals surface area contributed by atoms with E-state index in [0.717, 1.165) is 12.0 Å². The third-order valence-corrected chi connectivity index (χ3v) is 5.38. The minimum absolute atomic E-state index is 0.133. The van der Waals surface area contributed by atoms with Crippen molar-refractivity contribution in [2.45, 2.75) is 23.9 Å². The van der Waals surface area contributed by atoms with Gasteiger partial charge in [-0.25, -0.2) is 13.1 Å². The molecule has 1 aliphatic rings. The normalized spacial score (nSPS) is 18.4. The second-order valence-electron chi connectivity index (χ2n) is 5.14. The fourth-order valence-electron chi connectivity index (χ4n) is 2.54. The zero-order valence-corrected chi connectivity index (χ0v) is 13.6. The number of hydrogen-bond acceptors (Lipinski definition) is 4. The highest BCUT2D eigenvalue weighted by Gasteiger charge is 2.27. The number of sulfonamides is 1. The van der Waals surface area contributed by atoms with Gasteiger partial charge in [0, 0.05) is 17.6 Å². The van der Waals surface area contributed by atoms with Crippen molar-refractivity contribution in [2.24, 2.45) is 7.05 Å². The molecule has 22 heavy (non-hydrogen) atoms. The number of nitrogens with zero attached hydrogens (tertiary/aromatic N) is 2. The van der Waals surface area contributed by atoms with Crippen molar-refractivity contribution < 1.29 is 13.2 Å². The molecule has 1 aliphatic heterocycles. The topological polar surface area (TPSA) is 73.2 Å². The molecule has 0 saturated carbocycles. The molecule has 1 atom stereocenters. The van der Waals surface area contributed by atoms with Crippen LogP contribution in [-0.4, -0.2) is 24.8 Å². The maximum absolute atomic E-state index is 12.5. The first-order chi connectivity index (χ1) is 10.5. The zero-order valence-electron chi connectivity index (χ0n) is 12.0. The summed E-state index contributed by atoms with van der Waals surface area (Å²) in [4.78, 5) is 0. The monoisotopic (exact) mass is 341 g/mol. The highest BCUT2D eigenvalue weighted by molar-refractivity contribution is 7.89. The molecule has 0 aliphatic carbocycles. The Morgan fingerprint density at radius 2 is 2.23 bits per heavy atom. The molecule has 0 saturated heterocycles. The lowest BCUT2D eigenvalue weighted by Gasteiger charge is -2.18. The Morgan fingerprint density at radius 3 is 2.95 bits per heavy atom. The third-order valence-electron chi connectivity index (χ3n) is 3.59. The van der Waals surface area contributed by atoms with E-state index in [1.165, 1.54) is 16.9 Å². The summed E-state index contributed by atoms with van der Waals surface area (Å²) in [7, 11) is -2.06. The SMILES string of the molecule is Cn1nccc1S(=O)(=O)N[C@@H]1CCCOc2cc(Cl)ccc21. The van der Waals surface area contributed by atoms with Crippen molar-refractivity contribution >= 4 is 21.6 Å². The predicted molar refractivity (Wildman–Crippen MR) is 82.5 cm³/mol. The molecule has 1 aromatic carbocycles. The van der Waals surface area contributed by atoms with Gasteiger partial charge in [-0.2, -0.15) is 5.10 Å². The first kappa shape index (κ1) is 15.3. The van der Waals surface area contributed by atoms with E-state index in [-0.39, 0.29) is 11.1 Å². The average Bonchev–Trinajstić information content (AvgIpc) is 2.80. The number of halogens is 1. The first-order valence-electron chi connectivity index (χ1n) is 6.90. The zero-order chi connectivity index (χ0) is 15.7. The number of aryl methyl sites for hydroxylation is 1. The van der Waals surface area contributed by atoms with Crippen LogP contribution in [0.15, 0.2) is 35.5 Å². The molecular weight excluding hydrogens is 326 g/mol. The van der Waals surface area contributed by atoms with Crippen molar-refractivity contribution in [2.75, 3.05) is 6.61 Å². The second-order valence-corrected chi connectivity index (χ2v) is 7.24. The Labute approximate surface area is 134 Å². The Hall–Kier alpha value is -1.57. The fraction of sp³-hybridized carbons (Fsp3) is 0.357. The number of rotatable bonds is 3. The number of benzene rings is 1. The van der Waals surface area contributed by atoms with Crippen LogP contribution in [0.2, 0.25) is 5.02 Å². The van der Waals surface area contributed by atoms with Gasteiger partial charge in [0.1, 0.15) is 5.75 Å². The quantitative estimate of drug-likeness (QED) is 0.929. The molecule has 2 aromatic rings. The Bertz CT molecular complexity index is 788. The summed E-state index contributed by atoms with van der Waals surface area (Å²) in [5.41, 5.74) is 0.799. The summed E-state index contributed by atoms with van der Waals surface area (Å²) >= 11 is 5.98. The lowest BCUT2D eigenvalue weighted by molar-refractivity contribution is 0.316. The predicted octanol–water partition coefficient (Wildman–Crippen LogP) is 2.27. The van der Waals surface area contributed by atoms with E-state index in [1.807, 2.05) is 0 Å². The van der Waals surface area contributed by atoms with E-state index < -0.39 is 10.0 Å². The lowest BCUT2D eigenvalue weighted by atomic mass is 10.0. The van der Waals surface area contributed by atoms with Gasteiger partial charge in [-0.05, 0) is 31.0 Å². The van der Waals surface area contributed by atoms with Crippen LogP contribution in [0.3, 0.4) is 0 Å². The van der Waals surface area contributed by atoms with Gasteiger partial charge < -0.3 is 4.74 Å². The summed E-state index contributed by atoms with van der Waals surface area (Å²) in [6.45, 7) is 0.539. The number of fused-ring (bicyclic) bond motifs is 1. The molecule has 1 N–H and O–H groups in total. The molecule has 8 heteroatoms. The number of aromatic nitrogens is 2. The summed E-state index contributed by atoms with van der Waals surface area (Å²) in [5.74, 6) is 0.628. The summed E-state index contributed by atoms with van der Waals surface area (Å²) in [6, 6.07) is 6.38. The summed E-state index contributed by atoms with van der Waals surface area (Å²) < 4.78 is 34.8. The van der Waals surface area contributed by atoms with E-state index in [1.54, 1.807) is 25.2 Å². The van der Waals surface area contributed by atoms with Gasteiger partial charge in [-0.15, -0.1) is 0 Å². The second kappa shape index (κ2) is 5.91. The molecule has 0 bridgehead atoms. The van der Waals surface area contributed by atoms with E-state index in [4.69, 9.17) is 16.3 Å². The maximum Gasteiger partial charge on any atom is 0.258 e. The third kappa shape index (κ3) is 2.97. The molecule has 3 rings (SSSR count). The molecular formula is C14H16ClN3O3S. The molecule has 0 spiro atoms. The minimum atomic E-state index is -3.65. The van der Waals surface area contributed by atoms with Crippen molar-refractivity contribution in [1.82, 2.24) is 14.5 Å². The lowest BCUT2D eigenvalue weighted by Crippen LogP contribution is -2.30. The highest BCUT2D eigenvalue weighted by atomic mass is 35.5. The Morgan fingerprint density at radius 1 is 1.41 bits per heavy atom. The van der Waals surface area contributed by atoms with E-state index >= 15 is 0 Å². The van der Waals surface area contributed by atoms with Gasteiger partial charge in [-0.3, -0.25) is 4.68 Å². The van der Waals surface area contributed by atoms with Crippen LogP contribution >= 0.6 is 11.6 Å². The average molecular weight is 342 g/mol. The highest BCUT2D eigenvalue weighted by Crippen LogP contribution is 2.34. The van der Waals surface area contributed by atoms with Gasteiger partial charge in [0.25, 0.3) is 10.0 Å². The van der Waals surface area contributed by atoms with Gasteiger partial charge in [0.15, 0.2) is 5.03 Å². The van der Waals surface area contributed by atoms with Crippen LogP contribution < -0.4 is 9.46 Å². The molecule has 118 valence electrons. The maximum atomic E-state index is 12.5. The van der Waals surface area contributed by atoms with Crippen LogP contribution in [0.5, 0.6) is 5.75 Å². The molecule has 2 heterocycles. The van der Waals surface area contributed by atoms with Crippen LogP contribution in [0.4, 0.5) is 0 Å². The molecule has 0 amide bonds. The van der Waals surface area contributed by atoms with E-state index in [0.29, 0.717) is 23.8 Å². The van der Waals surface area contributed by atoms with Gasteiger partial charge in [0.2, 0.25) is 0 Å². The van der Waals surface area contributed by atoms with Crippen LogP contribution in [0, 0.1) is 0 Å². The van der Waals surface area contributed by atoms with Crippen molar-refractivity contribution in [1.29, 1.82) is 0 Å². The van der Waals surface area contributed by atoms with Crippen molar-refractivity contribution in [3.63, 3.8) is 0 Å². The number of ether oxygens (including phenoxy) is 1. The number of hydrogen-bond donors (Lipinski definition) is 1. The summed E-state index contributed by atoms with van der Waals surface area (Å²) in [5, 5.41) is 4.60. The van der Waals surface area contributed by atoms with Crippen molar-refractivity contribution in [3.05, 3.63) is 41.0 Å². The number of nitrogens with one attached hydrogen (secondary N) is 1. The van der Waals surface area contributed by atoms with Crippen LogP contribution in [0.25, 0.3) is 0 Å². The minimum Gasteiger partial charge on any atom is -0.493 e. The van der Waals surface area contributed by atoms with E-state index in [9.17, 15) is 8.42 Å². The van der Waals surface area contributed by atoms with Crippen LogP contribution in [-0.2, 0) is 17.1 Å². The molecule has 6 nitrogen and oxygen atoms in total. The smallest absolute Gasteiger partial charge is 0.258 e. The Balaban J connectivity index is 1.94. The van der Waals surface area contributed by atoms with Gasteiger partial charge in [0.05, 0.1) is 18.8 Å². The fourth-order valence-corrected chi connectivity index (χ4v) is 4.08. The molecule has 0 radical (unpaired) electrons. The Kier molecular flexibility index (Phi) is 4.12. The van der Waals surface area contributed by atoms with Crippen molar-refractivity contribution in [3.8, 4) is 5.75 Å². The first-order valence-corrected chi connectivity index (χ1v) is 8.76. The van der Waals surface area contributed by atoms with E-state index in [2.05, 4.69) is 9.82 Å². The molecule has 0 unspecified atom stereocenters. The molecule has 0 fully saturated rings. The standard InChI is InChI=1S/C14H16ClN3O3S/c1-18-14(6-7-16-18)22(19,20)17-12-3-2-8-21-13-9-10(15)4-5-11(12)13/h4-7,9,12,17H,2-3,8H2,1H3/t12-/m1/s1.